The van der Waals surface area contributed by atoms with Crippen molar-refractivity contribution in [2.75, 3.05) is 6.54 Å². The van der Waals surface area contributed by atoms with E-state index in [4.69, 9.17) is 0 Å². The third-order valence-corrected chi connectivity index (χ3v) is 5.05. The van der Waals surface area contributed by atoms with Crippen molar-refractivity contribution in [3.63, 3.8) is 0 Å². The van der Waals surface area contributed by atoms with Gasteiger partial charge in [0.1, 0.15) is 6.54 Å². The Labute approximate surface area is 162 Å². The molecule has 0 aliphatic carbocycles. The van der Waals surface area contributed by atoms with E-state index in [1.54, 1.807) is 17.9 Å². The maximum atomic E-state index is 12.9. The fourth-order valence-corrected chi connectivity index (χ4v) is 3.71. The summed E-state index contributed by atoms with van der Waals surface area (Å²) in [7, 11) is 0. The SMILES string of the molecule is Cc1cc(C)n(CC(=O)N2Cc3nnc(-c4ccccc4)n3[C@@H](C)C2)c(=O)n1. The molecule has 3 aromatic rings. The molecule has 0 fully saturated rings. The third-order valence-electron chi connectivity index (χ3n) is 5.05. The van der Waals surface area contributed by atoms with Crippen LogP contribution >= 0.6 is 0 Å². The van der Waals surface area contributed by atoms with E-state index < -0.39 is 5.69 Å². The number of fused-ring (bicyclic) bond motifs is 1. The van der Waals surface area contributed by atoms with E-state index in [1.165, 1.54) is 4.57 Å². The molecule has 1 aromatic carbocycles. The van der Waals surface area contributed by atoms with Crippen LogP contribution in [0, 0.1) is 13.8 Å². The fraction of sp³-hybridized carbons (Fsp3) is 0.350. The number of carbonyl (C=O) groups is 1. The van der Waals surface area contributed by atoms with Crippen molar-refractivity contribution < 1.29 is 4.79 Å². The first-order chi connectivity index (χ1) is 13.4. The maximum Gasteiger partial charge on any atom is 0.348 e. The van der Waals surface area contributed by atoms with Gasteiger partial charge in [-0.25, -0.2) is 4.79 Å². The minimum atomic E-state index is -0.398. The molecule has 0 radical (unpaired) electrons. The van der Waals surface area contributed by atoms with Gasteiger partial charge in [0, 0.05) is 23.5 Å². The molecule has 28 heavy (non-hydrogen) atoms. The van der Waals surface area contributed by atoms with Crippen LogP contribution in [0.25, 0.3) is 11.4 Å². The predicted molar refractivity (Wildman–Crippen MR) is 104 cm³/mol. The van der Waals surface area contributed by atoms with E-state index >= 15 is 0 Å². The molecule has 144 valence electrons. The van der Waals surface area contributed by atoms with E-state index in [2.05, 4.69) is 19.7 Å². The lowest BCUT2D eigenvalue weighted by atomic mass is 10.1. The van der Waals surface area contributed by atoms with Crippen molar-refractivity contribution in [3.05, 3.63) is 64.1 Å². The van der Waals surface area contributed by atoms with E-state index in [9.17, 15) is 9.59 Å². The Kier molecular flexibility index (Phi) is 4.54. The number of rotatable bonds is 3. The number of amides is 1. The minimum absolute atomic E-state index is 0.0235. The van der Waals surface area contributed by atoms with E-state index in [0.29, 0.717) is 18.8 Å². The van der Waals surface area contributed by atoms with E-state index in [-0.39, 0.29) is 18.5 Å². The van der Waals surface area contributed by atoms with Gasteiger partial charge in [-0.05, 0) is 26.8 Å². The highest BCUT2D eigenvalue weighted by molar-refractivity contribution is 5.76. The quantitative estimate of drug-likeness (QED) is 0.693. The highest BCUT2D eigenvalue weighted by Crippen LogP contribution is 2.27. The Balaban J connectivity index is 1.58. The van der Waals surface area contributed by atoms with Gasteiger partial charge in [-0.1, -0.05) is 30.3 Å². The van der Waals surface area contributed by atoms with Crippen LogP contribution in [0.1, 0.15) is 30.2 Å². The highest BCUT2D eigenvalue weighted by Gasteiger charge is 2.29. The normalized spacial score (nSPS) is 16.1. The summed E-state index contributed by atoms with van der Waals surface area (Å²) in [5.41, 5.74) is 1.98. The lowest BCUT2D eigenvalue weighted by Gasteiger charge is -2.32. The Morgan fingerprint density at radius 2 is 1.93 bits per heavy atom. The van der Waals surface area contributed by atoms with Crippen LogP contribution in [0.4, 0.5) is 0 Å². The first-order valence-electron chi connectivity index (χ1n) is 9.26. The molecule has 1 aliphatic heterocycles. The highest BCUT2D eigenvalue weighted by atomic mass is 16.2. The van der Waals surface area contributed by atoms with Gasteiger partial charge in [-0.3, -0.25) is 9.36 Å². The van der Waals surface area contributed by atoms with Gasteiger partial charge in [0.25, 0.3) is 0 Å². The molecule has 0 bridgehead atoms. The molecule has 3 heterocycles. The van der Waals surface area contributed by atoms with Crippen LogP contribution in [0.15, 0.2) is 41.2 Å². The van der Waals surface area contributed by atoms with Crippen molar-refractivity contribution in [1.29, 1.82) is 0 Å². The molecule has 0 saturated heterocycles. The van der Waals surface area contributed by atoms with Crippen LogP contribution in [0.2, 0.25) is 0 Å². The van der Waals surface area contributed by atoms with E-state index in [1.807, 2.05) is 44.2 Å². The summed E-state index contributed by atoms with van der Waals surface area (Å²) in [4.78, 5) is 30.7. The van der Waals surface area contributed by atoms with Gasteiger partial charge in [0.15, 0.2) is 11.6 Å². The summed E-state index contributed by atoms with van der Waals surface area (Å²) in [6, 6.07) is 11.7. The summed E-state index contributed by atoms with van der Waals surface area (Å²) in [5.74, 6) is 1.43. The Morgan fingerprint density at radius 3 is 2.64 bits per heavy atom. The van der Waals surface area contributed by atoms with Crippen molar-refractivity contribution in [2.24, 2.45) is 0 Å². The number of aromatic nitrogens is 5. The topological polar surface area (TPSA) is 85.9 Å². The maximum absolute atomic E-state index is 12.9. The Hall–Kier alpha value is -3.29. The van der Waals surface area contributed by atoms with Crippen molar-refractivity contribution in [1.82, 2.24) is 29.2 Å². The largest absolute Gasteiger partial charge is 0.348 e. The zero-order valence-corrected chi connectivity index (χ0v) is 16.2. The molecule has 8 heteroatoms. The van der Waals surface area contributed by atoms with Crippen molar-refractivity contribution >= 4 is 5.91 Å². The second-order valence-electron chi connectivity index (χ2n) is 7.21. The summed E-state index contributed by atoms with van der Waals surface area (Å²) in [6.07, 6.45) is 0. The smallest absolute Gasteiger partial charge is 0.332 e. The standard InChI is InChI=1S/C20H22N6O2/c1-13-9-14(2)25(20(28)21-13)12-18(27)24-10-15(3)26-17(11-24)22-23-19(26)16-7-5-4-6-8-16/h4-9,15H,10-12H2,1-3H3/t15-/m0/s1. The van der Waals surface area contributed by atoms with Crippen LogP contribution in [0.3, 0.4) is 0 Å². The van der Waals surface area contributed by atoms with Crippen LogP contribution in [-0.2, 0) is 17.9 Å². The monoisotopic (exact) mass is 378 g/mol. The zero-order valence-electron chi connectivity index (χ0n) is 16.2. The first-order valence-corrected chi connectivity index (χ1v) is 9.26. The average molecular weight is 378 g/mol. The van der Waals surface area contributed by atoms with Gasteiger partial charge in [-0.2, -0.15) is 4.98 Å². The molecule has 0 unspecified atom stereocenters. The minimum Gasteiger partial charge on any atom is -0.332 e. The molecule has 2 aromatic heterocycles. The Morgan fingerprint density at radius 1 is 1.18 bits per heavy atom. The zero-order chi connectivity index (χ0) is 19.8. The molecule has 8 nitrogen and oxygen atoms in total. The number of hydrogen-bond acceptors (Lipinski definition) is 5. The van der Waals surface area contributed by atoms with Gasteiger partial charge in [0.2, 0.25) is 5.91 Å². The van der Waals surface area contributed by atoms with E-state index in [0.717, 1.165) is 22.9 Å². The van der Waals surface area contributed by atoms with Gasteiger partial charge < -0.3 is 9.47 Å². The van der Waals surface area contributed by atoms with Gasteiger partial charge in [0.05, 0.1) is 12.6 Å². The van der Waals surface area contributed by atoms with Gasteiger partial charge in [-0.15, -0.1) is 10.2 Å². The van der Waals surface area contributed by atoms with Crippen LogP contribution in [-0.4, -0.2) is 41.7 Å². The van der Waals surface area contributed by atoms with Gasteiger partial charge >= 0.3 is 5.69 Å². The lowest BCUT2D eigenvalue weighted by Crippen LogP contribution is -2.43. The van der Waals surface area contributed by atoms with Crippen molar-refractivity contribution in [2.45, 2.75) is 39.9 Å². The summed E-state index contributed by atoms with van der Waals surface area (Å²) in [5, 5.41) is 8.65. The van der Waals surface area contributed by atoms with Crippen molar-refractivity contribution in [3.8, 4) is 11.4 Å². The molecule has 1 aliphatic rings. The molecule has 4 rings (SSSR count). The molecule has 0 N–H and O–H groups in total. The summed E-state index contributed by atoms with van der Waals surface area (Å²) < 4.78 is 3.50. The molecular formula is C20H22N6O2. The predicted octanol–water partition coefficient (Wildman–Crippen LogP) is 1.72. The molecular weight excluding hydrogens is 356 g/mol. The second kappa shape index (κ2) is 7.03. The number of hydrogen-bond donors (Lipinski definition) is 0. The molecule has 0 spiro atoms. The number of aryl methyl sites for hydroxylation is 2. The first kappa shape index (κ1) is 18.1. The number of benzene rings is 1. The molecule has 1 amide bonds. The third kappa shape index (κ3) is 3.21. The Bertz CT molecular complexity index is 1090. The van der Waals surface area contributed by atoms with Crippen LogP contribution in [0.5, 0.6) is 0 Å². The number of carbonyl (C=O) groups excluding carboxylic acids is 1. The molecule has 0 saturated carbocycles. The fourth-order valence-electron chi connectivity index (χ4n) is 3.71. The summed E-state index contributed by atoms with van der Waals surface area (Å²) >= 11 is 0. The second-order valence-corrected chi connectivity index (χ2v) is 7.21. The average Bonchev–Trinajstić information content (AvgIpc) is 3.10. The lowest BCUT2D eigenvalue weighted by molar-refractivity contribution is -0.134. The number of nitrogens with zero attached hydrogens (tertiary/aromatic N) is 6. The van der Waals surface area contributed by atoms with Crippen LogP contribution < -0.4 is 5.69 Å². The molecule has 1 atom stereocenters. The summed E-state index contributed by atoms with van der Waals surface area (Å²) in [6.45, 7) is 6.51.